The third kappa shape index (κ3) is 1.86. The molecule has 0 saturated heterocycles. The van der Waals surface area contributed by atoms with Gasteiger partial charge >= 0.3 is 0 Å². The summed E-state index contributed by atoms with van der Waals surface area (Å²) in [6, 6.07) is 12.8. The van der Waals surface area contributed by atoms with Gasteiger partial charge in [-0.1, -0.05) is 12.1 Å². The largest absolute Gasteiger partial charge is 0.497 e. The summed E-state index contributed by atoms with van der Waals surface area (Å²) < 4.78 is 5.32. The molecule has 0 radical (unpaired) electrons. The van der Waals surface area contributed by atoms with Crippen molar-refractivity contribution >= 4 is 17.0 Å². The second-order valence-electron chi connectivity index (χ2n) is 4.78. The van der Waals surface area contributed by atoms with Crippen molar-refractivity contribution in [1.29, 1.82) is 5.26 Å². The van der Waals surface area contributed by atoms with Crippen molar-refractivity contribution < 1.29 is 4.74 Å². The Morgan fingerprint density at radius 3 is 2.85 bits per heavy atom. The number of hydrogen-bond acceptors (Lipinski definition) is 4. The molecule has 1 aromatic heterocycles. The Hall–Kier alpha value is -1.99. The zero-order valence-corrected chi connectivity index (χ0v) is 12.4. The zero-order valence-electron chi connectivity index (χ0n) is 11.5. The Labute approximate surface area is 123 Å². The molecule has 2 aromatic rings. The highest BCUT2D eigenvalue weighted by Gasteiger charge is 2.39. The second-order valence-corrected chi connectivity index (χ2v) is 5.76. The van der Waals surface area contributed by atoms with Crippen molar-refractivity contribution in [2.24, 2.45) is 0 Å². The van der Waals surface area contributed by atoms with E-state index in [0.717, 1.165) is 23.5 Å². The van der Waals surface area contributed by atoms with E-state index >= 15 is 0 Å². The number of ether oxygens (including phenoxy) is 1. The van der Waals surface area contributed by atoms with E-state index in [2.05, 4.69) is 29.3 Å². The number of thiophene rings is 1. The minimum absolute atomic E-state index is 0.116. The highest BCUT2D eigenvalue weighted by atomic mass is 32.1. The molecule has 0 amide bonds. The van der Waals surface area contributed by atoms with Crippen LogP contribution in [0.3, 0.4) is 0 Å². The number of anilines is 1. The Kier molecular flexibility index (Phi) is 3.37. The maximum absolute atomic E-state index is 9.62. The first-order valence-corrected chi connectivity index (χ1v) is 7.55. The molecule has 3 rings (SSSR count). The van der Waals surface area contributed by atoms with E-state index in [1.54, 1.807) is 18.4 Å². The highest BCUT2D eigenvalue weighted by Crippen LogP contribution is 2.50. The lowest BCUT2D eigenvalue weighted by Crippen LogP contribution is -2.25. The molecule has 1 aromatic carbocycles. The zero-order chi connectivity index (χ0) is 14.1. The standard InChI is InChI=1S/C16H16N2OS/c1-3-18-14-9-11(19-2)6-7-12(14)13(10-17)16(18)15-5-4-8-20-15/h4-9,13,16H,3H2,1-2H3. The van der Waals surface area contributed by atoms with Crippen LogP contribution in [0, 0.1) is 11.3 Å². The highest BCUT2D eigenvalue weighted by molar-refractivity contribution is 7.10. The fourth-order valence-corrected chi connectivity index (χ4v) is 3.82. The molecule has 20 heavy (non-hydrogen) atoms. The average molecular weight is 284 g/mol. The molecule has 2 atom stereocenters. The monoisotopic (exact) mass is 284 g/mol. The maximum Gasteiger partial charge on any atom is 0.120 e. The van der Waals surface area contributed by atoms with E-state index in [-0.39, 0.29) is 12.0 Å². The summed E-state index contributed by atoms with van der Waals surface area (Å²) in [6.45, 7) is 3.00. The van der Waals surface area contributed by atoms with Gasteiger partial charge in [-0.25, -0.2) is 0 Å². The van der Waals surface area contributed by atoms with Crippen molar-refractivity contribution in [3.8, 4) is 11.8 Å². The smallest absolute Gasteiger partial charge is 0.120 e. The number of hydrogen-bond donors (Lipinski definition) is 0. The molecule has 0 spiro atoms. The van der Waals surface area contributed by atoms with Crippen LogP contribution in [0.15, 0.2) is 35.7 Å². The number of methoxy groups -OCH3 is 1. The average Bonchev–Trinajstić information content (AvgIpc) is 3.11. The van der Waals surface area contributed by atoms with Crippen LogP contribution in [0.2, 0.25) is 0 Å². The first kappa shape index (κ1) is 13.0. The van der Waals surface area contributed by atoms with E-state index in [9.17, 15) is 5.26 Å². The predicted octanol–water partition coefficient (Wildman–Crippen LogP) is 3.95. The number of nitriles is 1. The number of rotatable bonds is 3. The first-order valence-electron chi connectivity index (χ1n) is 6.67. The second kappa shape index (κ2) is 5.18. The van der Waals surface area contributed by atoms with E-state index in [0.29, 0.717) is 0 Å². The van der Waals surface area contributed by atoms with Crippen LogP contribution >= 0.6 is 11.3 Å². The summed E-state index contributed by atoms with van der Waals surface area (Å²) in [4.78, 5) is 3.55. The minimum Gasteiger partial charge on any atom is -0.497 e. The van der Waals surface area contributed by atoms with Crippen molar-refractivity contribution in [3.63, 3.8) is 0 Å². The molecule has 0 fully saturated rings. The molecule has 4 heteroatoms. The fourth-order valence-electron chi connectivity index (χ4n) is 2.95. The van der Waals surface area contributed by atoms with Gasteiger partial charge in [-0.2, -0.15) is 5.26 Å². The number of benzene rings is 1. The molecule has 0 saturated carbocycles. The fraction of sp³-hybridized carbons (Fsp3) is 0.312. The SMILES string of the molecule is CCN1c2cc(OC)ccc2C(C#N)C1c1cccs1. The van der Waals surface area contributed by atoms with Gasteiger partial charge in [0.05, 0.1) is 25.1 Å². The molecular formula is C16H16N2OS. The summed E-state index contributed by atoms with van der Waals surface area (Å²) in [5.41, 5.74) is 2.23. The normalized spacial score (nSPS) is 20.6. The van der Waals surface area contributed by atoms with Crippen LogP contribution in [0.25, 0.3) is 0 Å². The van der Waals surface area contributed by atoms with Crippen LogP contribution in [0.5, 0.6) is 5.75 Å². The molecule has 102 valence electrons. The summed E-state index contributed by atoms with van der Waals surface area (Å²) in [6.07, 6.45) is 0. The minimum atomic E-state index is -0.116. The van der Waals surface area contributed by atoms with Crippen molar-refractivity contribution in [2.45, 2.75) is 18.9 Å². The number of fused-ring (bicyclic) bond motifs is 1. The predicted molar refractivity (Wildman–Crippen MR) is 81.4 cm³/mol. The van der Waals surface area contributed by atoms with Gasteiger partial charge in [0.2, 0.25) is 0 Å². The lowest BCUT2D eigenvalue weighted by atomic mass is 9.95. The van der Waals surface area contributed by atoms with Crippen LogP contribution in [-0.4, -0.2) is 13.7 Å². The molecule has 1 aliphatic heterocycles. The van der Waals surface area contributed by atoms with Crippen LogP contribution in [-0.2, 0) is 0 Å². The topological polar surface area (TPSA) is 36.3 Å². The summed E-state index contributed by atoms with van der Waals surface area (Å²) >= 11 is 1.71. The molecule has 0 N–H and O–H groups in total. The van der Waals surface area contributed by atoms with Gasteiger partial charge < -0.3 is 9.64 Å². The van der Waals surface area contributed by atoms with E-state index in [1.807, 2.05) is 24.3 Å². The summed E-state index contributed by atoms with van der Waals surface area (Å²) in [7, 11) is 1.67. The van der Waals surface area contributed by atoms with Crippen LogP contribution < -0.4 is 9.64 Å². The first-order chi connectivity index (χ1) is 9.80. The van der Waals surface area contributed by atoms with Gasteiger partial charge in [0, 0.05) is 23.2 Å². The third-order valence-electron chi connectivity index (χ3n) is 3.85. The van der Waals surface area contributed by atoms with Crippen LogP contribution in [0.1, 0.15) is 29.3 Å². The summed E-state index contributed by atoms with van der Waals surface area (Å²) in [5.74, 6) is 0.722. The van der Waals surface area contributed by atoms with E-state index in [4.69, 9.17) is 4.74 Å². The number of nitrogens with zero attached hydrogens (tertiary/aromatic N) is 2. The van der Waals surface area contributed by atoms with Gasteiger partial charge in [-0.3, -0.25) is 0 Å². The summed E-state index contributed by atoms with van der Waals surface area (Å²) in [5, 5.41) is 11.7. The Morgan fingerprint density at radius 1 is 1.40 bits per heavy atom. The Balaban J connectivity index is 2.13. The van der Waals surface area contributed by atoms with Gasteiger partial charge in [0.15, 0.2) is 0 Å². The van der Waals surface area contributed by atoms with Crippen molar-refractivity contribution in [3.05, 3.63) is 46.2 Å². The quantitative estimate of drug-likeness (QED) is 0.856. The Morgan fingerprint density at radius 2 is 2.25 bits per heavy atom. The van der Waals surface area contributed by atoms with Gasteiger partial charge in [0.25, 0.3) is 0 Å². The molecule has 1 aliphatic rings. The van der Waals surface area contributed by atoms with E-state index < -0.39 is 0 Å². The lowest BCUT2D eigenvalue weighted by molar-refractivity contribution is 0.415. The molecule has 3 nitrogen and oxygen atoms in total. The van der Waals surface area contributed by atoms with Crippen molar-refractivity contribution in [2.75, 3.05) is 18.6 Å². The van der Waals surface area contributed by atoms with E-state index in [1.165, 1.54) is 4.88 Å². The van der Waals surface area contributed by atoms with Crippen molar-refractivity contribution in [1.82, 2.24) is 0 Å². The molecule has 0 bridgehead atoms. The van der Waals surface area contributed by atoms with Gasteiger partial charge in [0.1, 0.15) is 5.75 Å². The van der Waals surface area contributed by atoms with Gasteiger partial charge in [-0.15, -0.1) is 11.3 Å². The lowest BCUT2D eigenvalue weighted by Gasteiger charge is -2.26. The van der Waals surface area contributed by atoms with Crippen LogP contribution in [0.4, 0.5) is 5.69 Å². The number of likely N-dealkylation sites (N-methyl/N-ethyl adjacent to an activating group) is 1. The molecule has 0 aliphatic carbocycles. The molecule has 2 heterocycles. The third-order valence-corrected chi connectivity index (χ3v) is 4.79. The molecular weight excluding hydrogens is 268 g/mol. The van der Waals surface area contributed by atoms with Gasteiger partial charge in [-0.05, 0) is 30.0 Å². The Bertz CT molecular complexity index is 645. The maximum atomic E-state index is 9.62. The molecule has 2 unspecified atom stereocenters.